The smallest absolute Gasteiger partial charge is 0.191 e. The van der Waals surface area contributed by atoms with E-state index in [0.717, 1.165) is 37.9 Å². The number of para-hydroxylation sites is 1. The van der Waals surface area contributed by atoms with E-state index in [0.29, 0.717) is 6.04 Å². The van der Waals surface area contributed by atoms with E-state index >= 15 is 0 Å². The standard InChI is InChI=1S/C21H35N5/c1-18-8-6-13-25(16-18)14-7-12-23-21(22-2)24-19-11-15-26(17-19)20-9-4-3-5-10-20/h3-5,9-10,18-19H,6-8,11-17H2,1-2H3,(H2,22,23,24). The van der Waals surface area contributed by atoms with Crippen LogP contribution >= 0.6 is 0 Å². The second-order valence-electron chi connectivity index (χ2n) is 7.81. The van der Waals surface area contributed by atoms with Gasteiger partial charge in [0.1, 0.15) is 0 Å². The number of anilines is 1. The van der Waals surface area contributed by atoms with Gasteiger partial charge in [0.25, 0.3) is 0 Å². The summed E-state index contributed by atoms with van der Waals surface area (Å²) in [6.45, 7) is 9.23. The van der Waals surface area contributed by atoms with Crippen molar-refractivity contribution in [2.24, 2.45) is 10.9 Å². The van der Waals surface area contributed by atoms with Crippen molar-refractivity contribution in [3.05, 3.63) is 30.3 Å². The summed E-state index contributed by atoms with van der Waals surface area (Å²) in [4.78, 5) is 9.47. The van der Waals surface area contributed by atoms with Crippen molar-refractivity contribution in [2.75, 3.05) is 51.2 Å². The monoisotopic (exact) mass is 357 g/mol. The molecule has 0 aliphatic carbocycles. The van der Waals surface area contributed by atoms with Gasteiger partial charge in [0.05, 0.1) is 0 Å². The summed E-state index contributed by atoms with van der Waals surface area (Å²) in [6, 6.07) is 11.1. The summed E-state index contributed by atoms with van der Waals surface area (Å²) in [7, 11) is 1.87. The average molecular weight is 358 g/mol. The second kappa shape index (κ2) is 9.81. The van der Waals surface area contributed by atoms with E-state index in [9.17, 15) is 0 Å². The quantitative estimate of drug-likeness (QED) is 0.466. The van der Waals surface area contributed by atoms with Crippen LogP contribution in [0.25, 0.3) is 0 Å². The highest BCUT2D eigenvalue weighted by atomic mass is 15.2. The SMILES string of the molecule is CN=C(NCCCN1CCCC(C)C1)NC1CCN(c2ccccc2)C1. The van der Waals surface area contributed by atoms with Crippen molar-refractivity contribution in [1.82, 2.24) is 15.5 Å². The van der Waals surface area contributed by atoms with E-state index in [1.165, 1.54) is 44.6 Å². The third-order valence-electron chi connectivity index (χ3n) is 5.56. The van der Waals surface area contributed by atoms with E-state index in [4.69, 9.17) is 0 Å². The molecule has 0 saturated carbocycles. The minimum absolute atomic E-state index is 0.462. The lowest BCUT2D eigenvalue weighted by Gasteiger charge is -2.30. The normalized spacial score (nSPS) is 24.7. The van der Waals surface area contributed by atoms with Gasteiger partial charge in [-0.15, -0.1) is 0 Å². The van der Waals surface area contributed by atoms with Crippen molar-refractivity contribution in [2.45, 2.75) is 38.6 Å². The zero-order chi connectivity index (χ0) is 18.2. The van der Waals surface area contributed by atoms with Gasteiger partial charge in [0, 0.05) is 45.0 Å². The fourth-order valence-electron chi connectivity index (χ4n) is 4.14. The molecule has 0 bridgehead atoms. The summed E-state index contributed by atoms with van der Waals surface area (Å²) in [5.74, 6) is 1.80. The fourth-order valence-corrected chi connectivity index (χ4v) is 4.14. The van der Waals surface area contributed by atoms with Gasteiger partial charge in [0.15, 0.2) is 5.96 Å². The predicted molar refractivity (Wildman–Crippen MR) is 111 cm³/mol. The number of hydrogen-bond donors (Lipinski definition) is 2. The largest absolute Gasteiger partial charge is 0.369 e. The molecule has 1 aromatic carbocycles. The first-order chi connectivity index (χ1) is 12.7. The summed E-state index contributed by atoms with van der Waals surface area (Å²) >= 11 is 0. The van der Waals surface area contributed by atoms with E-state index in [1.807, 2.05) is 7.05 Å². The molecule has 5 nitrogen and oxygen atoms in total. The molecule has 2 aliphatic heterocycles. The molecule has 2 fully saturated rings. The van der Waals surface area contributed by atoms with Gasteiger partial charge >= 0.3 is 0 Å². The van der Waals surface area contributed by atoms with Crippen LogP contribution in [-0.4, -0.2) is 63.2 Å². The predicted octanol–water partition coefficient (Wildman–Crippen LogP) is 2.55. The maximum absolute atomic E-state index is 4.41. The lowest BCUT2D eigenvalue weighted by Crippen LogP contribution is -2.45. The second-order valence-corrected chi connectivity index (χ2v) is 7.81. The first-order valence-corrected chi connectivity index (χ1v) is 10.2. The van der Waals surface area contributed by atoms with Crippen LogP contribution in [0.1, 0.15) is 32.6 Å². The van der Waals surface area contributed by atoms with Crippen LogP contribution in [0, 0.1) is 5.92 Å². The Bertz CT molecular complexity index is 559. The maximum atomic E-state index is 4.41. The third-order valence-corrected chi connectivity index (χ3v) is 5.56. The molecule has 0 spiro atoms. The van der Waals surface area contributed by atoms with Gasteiger partial charge in [-0.3, -0.25) is 4.99 Å². The lowest BCUT2D eigenvalue weighted by atomic mass is 10.0. The Labute approximate surface area is 158 Å². The molecule has 5 heteroatoms. The van der Waals surface area contributed by atoms with E-state index in [1.54, 1.807) is 0 Å². The number of rotatable bonds is 6. The minimum atomic E-state index is 0.462. The molecule has 0 radical (unpaired) electrons. The first-order valence-electron chi connectivity index (χ1n) is 10.2. The number of likely N-dealkylation sites (tertiary alicyclic amines) is 1. The van der Waals surface area contributed by atoms with Crippen molar-refractivity contribution in [3.8, 4) is 0 Å². The van der Waals surface area contributed by atoms with Crippen LogP contribution < -0.4 is 15.5 Å². The summed E-state index contributed by atoms with van der Waals surface area (Å²) in [6.07, 6.45) is 5.08. The molecule has 2 heterocycles. The van der Waals surface area contributed by atoms with Crippen molar-refractivity contribution < 1.29 is 0 Å². The van der Waals surface area contributed by atoms with Crippen LogP contribution in [-0.2, 0) is 0 Å². The van der Waals surface area contributed by atoms with E-state index in [2.05, 4.69) is 62.7 Å². The Balaban J connectivity index is 1.35. The van der Waals surface area contributed by atoms with Crippen molar-refractivity contribution in [1.29, 1.82) is 0 Å². The van der Waals surface area contributed by atoms with Crippen molar-refractivity contribution >= 4 is 11.6 Å². The minimum Gasteiger partial charge on any atom is -0.369 e. The Morgan fingerprint density at radius 1 is 1.15 bits per heavy atom. The highest BCUT2D eigenvalue weighted by molar-refractivity contribution is 5.80. The number of guanidine groups is 1. The average Bonchev–Trinajstić information content (AvgIpc) is 3.13. The molecule has 2 aliphatic rings. The molecular weight excluding hydrogens is 322 g/mol. The first kappa shape index (κ1) is 19.0. The van der Waals surface area contributed by atoms with Crippen LogP contribution in [0.2, 0.25) is 0 Å². The van der Waals surface area contributed by atoms with Crippen LogP contribution in [0.3, 0.4) is 0 Å². The van der Waals surface area contributed by atoms with Crippen molar-refractivity contribution in [3.63, 3.8) is 0 Å². The Morgan fingerprint density at radius 2 is 2.00 bits per heavy atom. The van der Waals surface area contributed by atoms with Gasteiger partial charge < -0.3 is 20.4 Å². The zero-order valence-electron chi connectivity index (χ0n) is 16.5. The van der Waals surface area contributed by atoms with Crippen LogP contribution in [0.4, 0.5) is 5.69 Å². The number of nitrogens with zero attached hydrogens (tertiary/aromatic N) is 3. The van der Waals surface area contributed by atoms with Gasteiger partial charge in [-0.1, -0.05) is 25.1 Å². The molecule has 2 atom stereocenters. The Kier molecular flexibility index (Phi) is 7.18. The Hall–Kier alpha value is -1.75. The molecule has 0 aromatic heterocycles. The van der Waals surface area contributed by atoms with Gasteiger partial charge in [0.2, 0.25) is 0 Å². The molecule has 26 heavy (non-hydrogen) atoms. The van der Waals surface area contributed by atoms with E-state index < -0.39 is 0 Å². The Morgan fingerprint density at radius 3 is 2.77 bits per heavy atom. The molecular formula is C21H35N5. The van der Waals surface area contributed by atoms with Crippen LogP contribution in [0.5, 0.6) is 0 Å². The van der Waals surface area contributed by atoms with Crippen LogP contribution in [0.15, 0.2) is 35.3 Å². The lowest BCUT2D eigenvalue weighted by molar-refractivity contribution is 0.182. The van der Waals surface area contributed by atoms with Gasteiger partial charge in [-0.05, 0) is 56.8 Å². The molecule has 2 N–H and O–H groups in total. The molecule has 0 amide bonds. The number of hydrogen-bond acceptors (Lipinski definition) is 3. The number of benzene rings is 1. The highest BCUT2D eigenvalue weighted by Crippen LogP contribution is 2.19. The molecule has 2 saturated heterocycles. The number of nitrogens with one attached hydrogen (secondary N) is 2. The third kappa shape index (κ3) is 5.63. The van der Waals surface area contributed by atoms with Gasteiger partial charge in [-0.25, -0.2) is 0 Å². The number of piperidine rings is 1. The molecule has 1 aromatic rings. The number of aliphatic imine (C=N–C) groups is 1. The summed E-state index contributed by atoms with van der Waals surface area (Å²) in [5.41, 5.74) is 1.32. The summed E-state index contributed by atoms with van der Waals surface area (Å²) in [5, 5.41) is 7.09. The molecule has 144 valence electrons. The van der Waals surface area contributed by atoms with Gasteiger partial charge in [-0.2, -0.15) is 0 Å². The molecule has 3 rings (SSSR count). The fraction of sp³-hybridized carbons (Fsp3) is 0.667. The zero-order valence-corrected chi connectivity index (χ0v) is 16.5. The highest BCUT2D eigenvalue weighted by Gasteiger charge is 2.23. The summed E-state index contributed by atoms with van der Waals surface area (Å²) < 4.78 is 0. The topological polar surface area (TPSA) is 42.9 Å². The maximum Gasteiger partial charge on any atom is 0.191 e. The van der Waals surface area contributed by atoms with E-state index in [-0.39, 0.29) is 0 Å². The molecule has 2 unspecified atom stereocenters.